The van der Waals surface area contributed by atoms with Gasteiger partial charge in [-0.25, -0.2) is 4.79 Å². The number of esters is 1. The number of methoxy groups -OCH3 is 1. The highest BCUT2D eigenvalue weighted by Crippen LogP contribution is 2.46. The summed E-state index contributed by atoms with van der Waals surface area (Å²) in [4.78, 5) is 12.4. The van der Waals surface area contributed by atoms with Crippen LogP contribution in [0, 0.1) is 5.41 Å². The smallest absolute Gasteiger partial charge is 0.340 e. The van der Waals surface area contributed by atoms with E-state index in [4.69, 9.17) is 28.6 Å². The van der Waals surface area contributed by atoms with Crippen LogP contribution in [0.5, 0.6) is 0 Å². The largest absolute Gasteiger partial charge is 0.465 e. The Kier molecular flexibility index (Phi) is 3.59. The number of anilines is 1. The normalized spacial score (nSPS) is 15.9. The van der Waals surface area contributed by atoms with E-state index in [0.29, 0.717) is 16.3 Å². The number of thiocarbonyl (C=S) groups is 1. The van der Waals surface area contributed by atoms with Gasteiger partial charge in [0.15, 0.2) is 0 Å². The lowest BCUT2D eigenvalue weighted by Gasteiger charge is -2.15. The van der Waals surface area contributed by atoms with Crippen LogP contribution in [0.4, 0.5) is 5.69 Å². The molecule has 96 valence electrons. The lowest BCUT2D eigenvalue weighted by atomic mass is 10.1. The molecule has 0 radical (unpaired) electrons. The highest BCUT2D eigenvalue weighted by Gasteiger charge is 2.41. The van der Waals surface area contributed by atoms with Crippen molar-refractivity contribution in [2.45, 2.75) is 19.8 Å². The van der Waals surface area contributed by atoms with E-state index in [0.717, 1.165) is 17.8 Å². The molecule has 1 aliphatic carbocycles. The minimum atomic E-state index is -0.427. The molecule has 0 unspecified atom stereocenters. The molecule has 0 aliphatic heterocycles. The third-order valence-corrected chi connectivity index (χ3v) is 4.01. The summed E-state index contributed by atoms with van der Waals surface area (Å²) in [6.07, 6.45) is 2.17. The van der Waals surface area contributed by atoms with E-state index in [9.17, 15) is 4.79 Å². The van der Waals surface area contributed by atoms with E-state index in [1.165, 1.54) is 7.11 Å². The van der Waals surface area contributed by atoms with Crippen molar-refractivity contribution in [2.75, 3.05) is 12.4 Å². The fraction of sp³-hybridized carbons (Fsp3) is 0.385. The molecular formula is C13H14ClNO2S. The zero-order valence-electron chi connectivity index (χ0n) is 10.2. The topological polar surface area (TPSA) is 38.3 Å². The summed E-state index contributed by atoms with van der Waals surface area (Å²) in [7, 11) is 1.34. The van der Waals surface area contributed by atoms with Crippen molar-refractivity contribution >= 4 is 40.5 Å². The zero-order chi connectivity index (χ0) is 13.3. The van der Waals surface area contributed by atoms with Gasteiger partial charge in [-0.05, 0) is 31.0 Å². The molecule has 0 heterocycles. The molecule has 18 heavy (non-hydrogen) atoms. The number of nitrogens with one attached hydrogen (secondary N) is 1. The molecular weight excluding hydrogens is 270 g/mol. The lowest BCUT2D eigenvalue weighted by molar-refractivity contribution is 0.0602. The maximum atomic E-state index is 11.7. The number of rotatable bonds is 3. The summed E-state index contributed by atoms with van der Waals surface area (Å²) in [5, 5.41) is 3.62. The first-order valence-electron chi connectivity index (χ1n) is 5.65. The van der Waals surface area contributed by atoms with E-state index >= 15 is 0 Å². The summed E-state index contributed by atoms with van der Waals surface area (Å²) in [5.41, 5.74) is 1.11. The van der Waals surface area contributed by atoms with Gasteiger partial charge in [-0.3, -0.25) is 0 Å². The molecule has 0 amide bonds. The van der Waals surface area contributed by atoms with Crippen molar-refractivity contribution in [1.82, 2.24) is 0 Å². The fourth-order valence-corrected chi connectivity index (χ4v) is 2.08. The van der Waals surface area contributed by atoms with Gasteiger partial charge in [0.2, 0.25) is 0 Å². The summed E-state index contributed by atoms with van der Waals surface area (Å²) >= 11 is 11.2. The summed E-state index contributed by atoms with van der Waals surface area (Å²) < 4.78 is 4.73. The molecule has 0 saturated heterocycles. The van der Waals surface area contributed by atoms with Crippen LogP contribution in [0.25, 0.3) is 0 Å². The minimum Gasteiger partial charge on any atom is -0.465 e. The SMILES string of the molecule is COC(=O)c1cc(Cl)ccc1NC(=S)C1(C)CC1. The summed E-state index contributed by atoms with van der Waals surface area (Å²) in [5.74, 6) is -0.427. The molecule has 0 spiro atoms. The van der Waals surface area contributed by atoms with Crippen LogP contribution >= 0.6 is 23.8 Å². The van der Waals surface area contributed by atoms with Crippen molar-refractivity contribution < 1.29 is 9.53 Å². The zero-order valence-corrected chi connectivity index (χ0v) is 11.8. The van der Waals surface area contributed by atoms with Crippen LogP contribution in [0.15, 0.2) is 18.2 Å². The number of hydrogen-bond donors (Lipinski definition) is 1. The van der Waals surface area contributed by atoms with E-state index in [2.05, 4.69) is 12.2 Å². The van der Waals surface area contributed by atoms with Crippen LogP contribution in [0.3, 0.4) is 0 Å². The van der Waals surface area contributed by atoms with Crippen LogP contribution in [-0.4, -0.2) is 18.1 Å². The second-order valence-electron chi connectivity index (χ2n) is 4.70. The lowest BCUT2D eigenvalue weighted by Crippen LogP contribution is -2.21. The number of ether oxygens (including phenoxy) is 1. The number of hydrogen-bond acceptors (Lipinski definition) is 3. The van der Waals surface area contributed by atoms with Crippen molar-refractivity contribution in [3.05, 3.63) is 28.8 Å². The molecule has 1 fully saturated rings. The third kappa shape index (κ3) is 2.65. The van der Waals surface area contributed by atoms with Gasteiger partial charge in [0.05, 0.1) is 23.3 Å². The molecule has 1 N–H and O–H groups in total. The van der Waals surface area contributed by atoms with E-state index in [1.54, 1.807) is 18.2 Å². The molecule has 1 saturated carbocycles. The molecule has 0 atom stereocenters. The standard InChI is InChI=1S/C13H14ClNO2S/c1-13(5-6-13)12(18)15-10-4-3-8(14)7-9(10)11(16)17-2/h3-4,7H,5-6H2,1-2H3,(H,15,18). The van der Waals surface area contributed by atoms with Gasteiger partial charge >= 0.3 is 5.97 Å². The molecule has 0 aromatic heterocycles. The second-order valence-corrected chi connectivity index (χ2v) is 5.54. The predicted octanol–water partition coefficient (Wildman–Crippen LogP) is 3.67. The quantitative estimate of drug-likeness (QED) is 0.679. The second kappa shape index (κ2) is 4.86. The minimum absolute atomic E-state index is 0.0718. The van der Waals surface area contributed by atoms with Gasteiger partial charge in [-0.1, -0.05) is 30.7 Å². The van der Waals surface area contributed by atoms with E-state index < -0.39 is 5.97 Å². The Morgan fingerprint density at radius 2 is 2.17 bits per heavy atom. The maximum absolute atomic E-state index is 11.7. The van der Waals surface area contributed by atoms with Gasteiger partial charge in [-0.15, -0.1) is 0 Å². The summed E-state index contributed by atoms with van der Waals surface area (Å²) in [6, 6.07) is 5.04. The molecule has 1 aliphatic rings. The van der Waals surface area contributed by atoms with Gasteiger partial charge in [0, 0.05) is 10.4 Å². The van der Waals surface area contributed by atoms with Crippen LogP contribution in [-0.2, 0) is 4.74 Å². The van der Waals surface area contributed by atoms with Crippen molar-refractivity contribution in [2.24, 2.45) is 5.41 Å². The Balaban J connectivity index is 2.26. The van der Waals surface area contributed by atoms with Crippen LogP contribution < -0.4 is 5.32 Å². The van der Waals surface area contributed by atoms with E-state index in [1.807, 2.05) is 0 Å². The maximum Gasteiger partial charge on any atom is 0.340 e. The number of carbonyl (C=O) groups is 1. The molecule has 1 aromatic carbocycles. The van der Waals surface area contributed by atoms with Gasteiger partial charge in [0.1, 0.15) is 0 Å². The average molecular weight is 284 g/mol. The van der Waals surface area contributed by atoms with Crippen LogP contribution in [0.2, 0.25) is 5.02 Å². The average Bonchev–Trinajstić information content (AvgIpc) is 3.10. The monoisotopic (exact) mass is 283 g/mol. The fourth-order valence-electron chi connectivity index (χ4n) is 1.59. The Bertz CT molecular complexity index is 512. The van der Waals surface area contributed by atoms with Gasteiger partial charge in [-0.2, -0.15) is 0 Å². The first-order chi connectivity index (χ1) is 8.46. The molecule has 5 heteroatoms. The summed E-state index contributed by atoms with van der Waals surface area (Å²) in [6.45, 7) is 2.11. The van der Waals surface area contributed by atoms with Gasteiger partial charge in [0.25, 0.3) is 0 Å². The molecule has 3 nitrogen and oxygen atoms in total. The third-order valence-electron chi connectivity index (χ3n) is 3.18. The molecule has 1 aromatic rings. The van der Waals surface area contributed by atoms with Crippen LogP contribution in [0.1, 0.15) is 30.1 Å². The highest BCUT2D eigenvalue weighted by molar-refractivity contribution is 7.80. The molecule has 2 rings (SSSR count). The van der Waals surface area contributed by atoms with Crippen molar-refractivity contribution in [3.63, 3.8) is 0 Å². The van der Waals surface area contributed by atoms with Gasteiger partial charge < -0.3 is 10.1 Å². The Labute approximate surface area is 116 Å². The Morgan fingerprint density at radius 1 is 1.50 bits per heavy atom. The highest BCUT2D eigenvalue weighted by atomic mass is 35.5. The first kappa shape index (κ1) is 13.3. The number of benzene rings is 1. The Morgan fingerprint density at radius 3 is 2.72 bits per heavy atom. The number of carbonyl (C=O) groups excluding carboxylic acids is 1. The molecule has 0 bridgehead atoms. The number of halogens is 1. The first-order valence-corrected chi connectivity index (χ1v) is 6.44. The Hall–Kier alpha value is -1.13. The van der Waals surface area contributed by atoms with Crippen molar-refractivity contribution in [3.8, 4) is 0 Å². The van der Waals surface area contributed by atoms with Crippen molar-refractivity contribution in [1.29, 1.82) is 0 Å². The van der Waals surface area contributed by atoms with E-state index in [-0.39, 0.29) is 5.41 Å². The predicted molar refractivity (Wildman–Crippen MR) is 76.4 cm³/mol.